The van der Waals surface area contributed by atoms with Crippen LogP contribution in [0, 0.1) is 22.7 Å². The average molecular weight is 512 g/mol. The Hall–Kier alpha value is -2.68. The van der Waals surface area contributed by atoms with Gasteiger partial charge in [0.25, 0.3) is 0 Å². The number of benzene rings is 2. The monoisotopic (exact) mass is 511 g/mol. The second-order valence-electron chi connectivity index (χ2n) is 12.7. The lowest BCUT2D eigenvalue weighted by atomic mass is 9.61. The van der Waals surface area contributed by atoms with Crippen LogP contribution in [0.1, 0.15) is 96.1 Å². The van der Waals surface area contributed by atoms with Crippen molar-refractivity contribution < 1.29 is 9.53 Å². The number of carbonyl (C=O) groups is 1. The van der Waals surface area contributed by atoms with E-state index in [1.807, 2.05) is 36.4 Å². The Morgan fingerprint density at radius 2 is 1.66 bits per heavy atom. The van der Waals surface area contributed by atoms with Gasteiger partial charge in [-0.3, -0.25) is 4.99 Å². The fourth-order valence-corrected chi connectivity index (χ4v) is 7.01. The predicted molar refractivity (Wildman–Crippen MR) is 156 cm³/mol. The maximum absolute atomic E-state index is 12.9. The summed E-state index contributed by atoms with van der Waals surface area (Å²) in [7, 11) is 0. The Balaban J connectivity index is 1.36. The molecule has 2 aliphatic carbocycles. The quantitative estimate of drug-likeness (QED) is 0.139. The van der Waals surface area contributed by atoms with Gasteiger partial charge in [-0.15, -0.1) is 0 Å². The van der Waals surface area contributed by atoms with E-state index in [0.717, 1.165) is 34.8 Å². The van der Waals surface area contributed by atoms with Crippen LogP contribution in [0.3, 0.4) is 0 Å². The molecule has 0 radical (unpaired) electrons. The molecule has 0 unspecified atom stereocenters. The van der Waals surface area contributed by atoms with Gasteiger partial charge in [0.1, 0.15) is 12.6 Å². The Morgan fingerprint density at radius 1 is 1.00 bits per heavy atom. The maximum atomic E-state index is 12.9. The van der Waals surface area contributed by atoms with Crippen molar-refractivity contribution in [2.75, 3.05) is 6.61 Å². The minimum atomic E-state index is -0.252. The van der Waals surface area contributed by atoms with E-state index in [2.05, 4.69) is 51.1 Å². The molecule has 1 aliphatic heterocycles. The van der Waals surface area contributed by atoms with Crippen molar-refractivity contribution in [3.05, 3.63) is 83.4 Å². The number of carbonyl (C=O) groups excluding carboxylic acids is 1. The lowest BCUT2D eigenvalue weighted by Crippen LogP contribution is -2.34. The van der Waals surface area contributed by atoms with Crippen LogP contribution < -0.4 is 0 Å². The summed E-state index contributed by atoms with van der Waals surface area (Å²) in [5.41, 5.74) is 4.73. The van der Waals surface area contributed by atoms with Crippen molar-refractivity contribution in [2.24, 2.45) is 27.7 Å². The molecule has 5 rings (SSSR count). The third-order valence-electron chi connectivity index (χ3n) is 9.82. The van der Waals surface area contributed by atoms with E-state index < -0.39 is 0 Å². The molecule has 0 N–H and O–H groups in total. The van der Waals surface area contributed by atoms with Gasteiger partial charge in [-0.2, -0.15) is 0 Å². The van der Waals surface area contributed by atoms with Crippen LogP contribution in [0.2, 0.25) is 0 Å². The van der Waals surface area contributed by atoms with Crippen LogP contribution in [0.15, 0.2) is 77.3 Å². The van der Waals surface area contributed by atoms with Crippen LogP contribution >= 0.6 is 0 Å². The van der Waals surface area contributed by atoms with Crippen molar-refractivity contribution >= 4 is 11.7 Å². The van der Waals surface area contributed by atoms with Crippen molar-refractivity contribution in [1.29, 1.82) is 0 Å². The number of hydrogen-bond acceptors (Lipinski definition) is 3. The summed E-state index contributed by atoms with van der Waals surface area (Å²) in [6.07, 6.45) is 15.3. The van der Waals surface area contributed by atoms with E-state index >= 15 is 0 Å². The SMILES string of the molecule is CCCCCC(C)(C)[C@@H]1CCC2(CC2)[C@H](C/C=C2\C(=O)OC[C@H]2N=C(c2ccccc2)c2ccccc2)C1. The molecular weight excluding hydrogens is 466 g/mol. The average Bonchev–Trinajstić information content (AvgIpc) is 3.62. The van der Waals surface area contributed by atoms with Gasteiger partial charge in [-0.1, -0.05) is 107 Å². The van der Waals surface area contributed by atoms with Crippen LogP contribution in [0.25, 0.3) is 0 Å². The van der Waals surface area contributed by atoms with Crippen molar-refractivity contribution in [2.45, 2.75) is 91.0 Å². The molecule has 3 atom stereocenters. The highest BCUT2D eigenvalue weighted by Crippen LogP contribution is 2.63. The number of cyclic esters (lactones) is 1. The van der Waals surface area contributed by atoms with Crippen molar-refractivity contribution in [1.82, 2.24) is 0 Å². The van der Waals surface area contributed by atoms with Crippen LogP contribution in [0.4, 0.5) is 0 Å². The molecule has 0 bridgehead atoms. The molecule has 3 fully saturated rings. The van der Waals surface area contributed by atoms with E-state index in [0.29, 0.717) is 23.4 Å². The zero-order valence-corrected chi connectivity index (χ0v) is 23.6. The van der Waals surface area contributed by atoms with Crippen molar-refractivity contribution in [3.8, 4) is 0 Å². The summed E-state index contributed by atoms with van der Waals surface area (Å²) in [5.74, 6) is 1.26. The molecule has 2 aromatic rings. The van der Waals surface area contributed by atoms with Crippen LogP contribution in [-0.4, -0.2) is 24.3 Å². The highest BCUT2D eigenvalue weighted by atomic mass is 16.5. The zero-order valence-electron chi connectivity index (χ0n) is 23.6. The summed E-state index contributed by atoms with van der Waals surface area (Å²) in [5, 5.41) is 0. The lowest BCUT2D eigenvalue weighted by molar-refractivity contribution is -0.135. The van der Waals surface area contributed by atoms with E-state index in [4.69, 9.17) is 9.73 Å². The molecule has 3 aliphatic rings. The fourth-order valence-electron chi connectivity index (χ4n) is 7.01. The standard InChI is InChI=1S/C35H45NO2/c1-4-5-12-20-34(2,3)28-19-21-35(22-23-35)29(24-28)17-18-30-31(25-38-33(30)37)36-32(26-13-8-6-9-14-26)27-15-10-7-11-16-27/h6-11,13-16,18,28-29,31H,4-5,12,17,19-25H2,1-3H3/b30-18-/t28-,29-,31-/m1/s1. The van der Waals surface area contributed by atoms with E-state index in [9.17, 15) is 4.79 Å². The first kappa shape index (κ1) is 26.9. The van der Waals surface area contributed by atoms with Gasteiger partial charge < -0.3 is 4.74 Å². The first-order chi connectivity index (χ1) is 18.4. The van der Waals surface area contributed by atoms with E-state index in [-0.39, 0.29) is 12.0 Å². The second-order valence-corrected chi connectivity index (χ2v) is 12.7. The van der Waals surface area contributed by atoms with Crippen LogP contribution in [0.5, 0.6) is 0 Å². The summed E-state index contributed by atoms with van der Waals surface area (Å²) in [6.45, 7) is 7.63. The molecule has 3 nitrogen and oxygen atoms in total. The molecule has 0 amide bonds. The van der Waals surface area contributed by atoms with Gasteiger partial charge in [0.05, 0.1) is 11.3 Å². The fraction of sp³-hybridized carbons (Fsp3) is 0.543. The highest BCUT2D eigenvalue weighted by molar-refractivity contribution is 6.13. The molecule has 1 spiro atoms. The van der Waals surface area contributed by atoms with Gasteiger partial charge >= 0.3 is 5.97 Å². The minimum Gasteiger partial charge on any atom is -0.460 e. The number of esters is 1. The molecular formula is C35H45NO2. The first-order valence-electron chi connectivity index (χ1n) is 15.0. The van der Waals surface area contributed by atoms with Crippen molar-refractivity contribution in [3.63, 3.8) is 0 Å². The maximum Gasteiger partial charge on any atom is 0.336 e. The molecule has 38 heavy (non-hydrogen) atoms. The topological polar surface area (TPSA) is 38.7 Å². The number of allylic oxidation sites excluding steroid dienone is 1. The Morgan fingerprint density at radius 3 is 2.26 bits per heavy atom. The van der Waals surface area contributed by atoms with Crippen LogP contribution in [-0.2, 0) is 9.53 Å². The number of unbranched alkanes of at least 4 members (excludes halogenated alkanes) is 2. The summed E-state index contributed by atoms with van der Waals surface area (Å²) < 4.78 is 5.57. The second kappa shape index (κ2) is 11.6. The lowest BCUT2D eigenvalue weighted by Gasteiger charge is -2.44. The smallest absolute Gasteiger partial charge is 0.336 e. The molecule has 2 aromatic carbocycles. The Labute approximate surface area is 229 Å². The summed E-state index contributed by atoms with van der Waals surface area (Å²) >= 11 is 0. The largest absolute Gasteiger partial charge is 0.460 e. The molecule has 202 valence electrons. The van der Waals surface area contributed by atoms with E-state index in [1.165, 1.54) is 57.8 Å². The normalized spacial score (nSPS) is 25.4. The third kappa shape index (κ3) is 5.98. The third-order valence-corrected chi connectivity index (χ3v) is 9.82. The van der Waals surface area contributed by atoms with Gasteiger partial charge in [-0.05, 0) is 67.6 Å². The number of nitrogens with zero attached hydrogens (tertiary/aromatic N) is 1. The Kier molecular flexibility index (Phi) is 8.21. The highest BCUT2D eigenvalue weighted by Gasteiger charge is 2.53. The van der Waals surface area contributed by atoms with Gasteiger partial charge in [0, 0.05) is 11.1 Å². The van der Waals surface area contributed by atoms with Gasteiger partial charge in [0.15, 0.2) is 0 Å². The van der Waals surface area contributed by atoms with E-state index in [1.54, 1.807) is 0 Å². The number of ether oxygens (including phenoxy) is 1. The summed E-state index contributed by atoms with van der Waals surface area (Å²) in [6, 6.07) is 20.3. The first-order valence-corrected chi connectivity index (χ1v) is 15.0. The minimum absolute atomic E-state index is 0.184. The molecule has 3 heteroatoms. The number of aliphatic imine (C=N–C) groups is 1. The molecule has 1 heterocycles. The molecule has 1 saturated heterocycles. The molecule has 2 saturated carbocycles. The predicted octanol–water partition coefficient (Wildman–Crippen LogP) is 8.57. The Bertz CT molecular complexity index is 1100. The zero-order chi connectivity index (χ0) is 26.6. The molecule has 0 aromatic heterocycles. The summed E-state index contributed by atoms with van der Waals surface area (Å²) in [4.78, 5) is 18.1. The van der Waals surface area contributed by atoms with Gasteiger partial charge in [-0.25, -0.2) is 4.79 Å². The van der Waals surface area contributed by atoms with Gasteiger partial charge in [0.2, 0.25) is 0 Å². The number of rotatable bonds is 10. The number of hydrogen-bond donors (Lipinski definition) is 0.